The molecule has 2 atom stereocenters. The number of nitrogens with one attached hydrogen (secondary N) is 1. The molecule has 2 rings (SSSR count). The number of nitrogens with zero attached hydrogens (tertiary/aromatic N) is 1. The maximum absolute atomic E-state index is 11.5. The van der Waals surface area contributed by atoms with Crippen LogP contribution in [0, 0.1) is 11.8 Å². The Morgan fingerprint density at radius 1 is 1.21 bits per heavy atom. The third-order valence-electron chi connectivity index (χ3n) is 4.07. The van der Waals surface area contributed by atoms with Crippen molar-refractivity contribution in [2.45, 2.75) is 25.7 Å². The molecule has 2 saturated heterocycles. The van der Waals surface area contributed by atoms with Gasteiger partial charge in [0.05, 0.1) is 12.9 Å². The molecule has 2 aliphatic rings. The average Bonchev–Trinajstić information content (AvgIpc) is 2.39. The van der Waals surface area contributed by atoms with Crippen molar-refractivity contribution >= 4 is 10.0 Å². The summed E-state index contributed by atoms with van der Waals surface area (Å²) in [7, 11) is -3.02. The molecule has 6 heteroatoms. The molecule has 1 N–H and O–H groups in total. The van der Waals surface area contributed by atoms with Gasteiger partial charge >= 0.3 is 0 Å². The first-order chi connectivity index (χ1) is 9.05. The molecule has 0 amide bonds. The lowest BCUT2D eigenvalue weighted by Gasteiger charge is -2.31. The second-order valence-electron chi connectivity index (χ2n) is 5.87. The molecular formula is C13H26N2O3S. The van der Waals surface area contributed by atoms with E-state index in [9.17, 15) is 8.42 Å². The van der Waals surface area contributed by atoms with E-state index in [-0.39, 0.29) is 0 Å². The van der Waals surface area contributed by atoms with E-state index in [0.29, 0.717) is 24.9 Å². The topological polar surface area (TPSA) is 58.6 Å². The summed E-state index contributed by atoms with van der Waals surface area (Å²) in [5.74, 6) is 1.08. The van der Waals surface area contributed by atoms with Gasteiger partial charge in [-0.25, -0.2) is 12.7 Å². The number of piperidine rings is 1. The molecule has 2 fully saturated rings. The zero-order valence-electron chi connectivity index (χ0n) is 11.8. The minimum absolute atomic E-state index is 0.452. The largest absolute Gasteiger partial charge is 0.381 e. The molecular weight excluding hydrogens is 264 g/mol. The smallest absolute Gasteiger partial charge is 0.211 e. The number of hydrogen-bond donors (Lipinski definition) is 1. The van der Waals surface area contributed by atoms with Crippen LogP contribution in [0.4, 0.5) is 0 Å². The van der Waals surface area contributed by atoms with Crippen molar-refractivity contribution in [3.8, 4) is 0 Å². The summed E-state index contributed by atoms with van der Waals surface area (Å²) in [6.07, 6.45) is 5.82. The third kappa shape index (κ3) is 5.02. The first-order valence-corrected chi connectivity index (χ1v) is 9.14. The summed E-state index contributed by atoms with van der Waals surface area (Å²) >= 11 is 0. The molecule has 0 saturated carbocycles. The maximum atomic E-state index is 11.5. The van der Waals surface area contributed by atoms with Crippen LogP contribution in [0.15, 0.2) is 0 Å². The van der Waals surface area contributed by atoms with Crippen LogP contribution in [0.25, 0.3) is 0 Å². The minimum Gasteiger partial charge on any atom is -0.381 e. The van der Waals surface area contributed by atoms with E-state index in [1.54, 1.807) is 4.31 Å². The number of rotatable bonds is 5. The Morgan fingerprint density at radius 2 is 1.95 bits per heavy atom. The van der Waals surface area contributed by atoms with E-state index in [1.165, 1.54) is 12.7 Å². The van der Waals surface area contributed by atoms with Gasteiger partial charge in [-0.2, -0.15) is 0 Å². The summed E-state index contributed by atoms with van der Waals surface area (Å²) in [5, 5.41) is 3.50. The van der Waals surface area contributed by atoms with Crippen molar-refractivity contribution in [2.24, 2.45) is 11.8 Å². The fourth-order valence-electron chi connectivity index (χ4n) is 2.95. The molecule has 0 aromatic rings. The summed E-state index contributed by atoms with van der Waals surface area (Å²) in [6.45, 7) is 5.05. The van der Waals surface area contributed by atoms with E-state index >= 15 is 0 Å². The van der Waals surface area contributed by atoms with Crippen LogP contribution in [-0.2, 0) is 14.8 Å². The molecule has 0 spiro atoms. The van der Waals surface area contributed by atoms with E-state index in [4.69, 9.17) is 4.74 Å². The summed E-state index contributed by atoms with van der Waals surface area (Å²) < 4.78 is 30.2. The van der Waals surface area contributed by atoms with E-state index in [2.05, 4.69) is 5.32 Å². The molecule has 0 aliphatic carbocycles. The van der Waals surface area contributed by atoms with Crippen LogP contribution in [0.1, 0.15) is 25.7 Å². The molecule has 19 heavy (non-hydrogen) atoms. The minimum atomic E-state index is -3.02. The first-order valence-electron chi connectivity index (χ1n) is 7.29. The normalized spacial score (nSPS) is 30.4. The van der Waals surface area contributed by atoms with Gasteiger partial charge in [0.2, 0.25) is 10.0 Å². The quantitative estimate of drug-likeness (QED) is 0.809. The summed E-state index contributed by atoms with van der Waals surface area (Å²) in [5.41, 5.74) is 0. The highest BCUT2D eigenvalue weighted by Gasteiger charge is 2.25. The first kappa shape index (κ1) is 15.2. The zero-order chi connectivity index (χ0) is 13.7. The fourth-order valence-corrected chi connectivity index (χ4v) is 3.90. The van der Waals surface area contributed by atoms with Gasteiger partial charge in [0.15, 0.2) is 0 Å². The lowest BCUT2D eigenvalue weighted by Crippen LogP contribution is -2.43. The average molecular weight is 290 g/mol. The molecule has 2 aliphatic heterocycles. The number of ether oxygens (including phenoxy) is 1. The lowest BCUT2D eigenvalue weighted by molar-refractivity contribution is 0.0543. The Bertz CT molecular complexity index is 366. The molecule has 0 aromatic carbocycles. The van der Waals surface area contributed by atoms with Crippen molar-refractivity contribution in [1.29, 1.82) is 0 Å². The van der Waals surface area contributed by atoms with Gasteiger partial charge in [-0.3, -0.25) is 0 Å². The monoisotopic (exact) mass is 290 g/mol. The Morgan fingerprint density at radius 3 is 2.63 bits per heavy atom. The molecule has 0 radical (unpaired) electrons. The summed E-state index contributed by atoms with van der Waals surface area (Å²) in [4.78, 5) is 0. The van der Waals surface area contributed by atoms with Gasteiger partial charge in [0.1, 0.15) is 0 Å². The van der Waals surface area contributed by atoms with Gasteiger partial charge in [0.25, 0.3) is 0 Å². The second kappa shape index (κ2) is 7.02. The summed E-state index contributed by atoms with van der Waals surface area (Å²) in [6, 6.07) is 0. The Labute approximate surface area is 116 Å². The van der Waals surface area contributed by atoms with Gasteiger partial charge < -0.3 is 10.1 Å². The highest BCUT2D eigenvalue weighted by atomic mass is 32.2. The fraction of sp³-hybridized carbons (Fsp3) is 1.00. The molecule has 5 nitrogen and oxygen atoms in total. The molecule has 2 heterocycles. The van der Waals surface area contributed by atoms with Gasteiger partial charge in [-0.15, -0.1) is 0 Å². The predicted octanol–water partition coefficient (Wildman–Crippen LogP) is 0.674. The van der Waals surface area contributed by atoms with Crippen LogP contribution in [0.2, 0.25) is 0 Å². The molecule has 112 valence electrons. The van der Waals surface area contributed by atoms with E-state index in [1.807, 2.05) is 0 Å². The van der Waals surface area contributed by atoms with Crippen molar-refractivity contribution in [1.82, 2.24) is 9.62 Å². The van der Waals surface area contributed by atoms with Crippen molar-refractivity contribution in [3.05, 3.63) is 0 Å². The number of sulfonamides is 1. The van der Waals surface area contributed by atoms with Crippen molar-refractivity contribution in [3.63, 3.8) is 0 Å². The zero-order valence-corrected chi connectivity index (χ0v) is 12.6. The Kier molecular flexibility index (Phi) is 5.62. The van der Waals surface area contributed by atoms with Gasteiger partial charge in [-0.05, 0) is 44.1 Å². The molecule has 0 bridgehead atoms. The van der Waals surface area contributed by atoms with Crippen LogP contribution >= 0.6 is 0 Å². The van der Waals surface area contributed by atoms with E-state index in [0.717, 1.165) is 45.6 Å². The molecule has 0 aromatic heterocycles. The second-order valence-corrected chi connectivity index (χ2v) is 7.85. The van der Waals surface area contributed by atoms with Crippen LogP contribution < -0.4 is 5.32 Å². The lowest BCUT2D eigenvalue weighted by atomic mass is 9.98. The Balaban J connectivity index is 1.67. The van der Waals surface area contributed by atoms with Gasteiger partial charge in [0, 0.05) is 26.2 Å². The van der Waals surface area contributed by atoms with Crippen molar-refractivity contribution in [2.75, 3.05) is 45.6 Å². The number of hydrogen-bond acceptors (Lipinski definition) is 4. The van der Waals surface area contributed by atoms with E-state index < -0.39 is 10.0 Å². The van der Waals surface area contributed by atoms with Crippen LogP contribution in [0.3, 0.4) is 0 Å². The Hall–Kier alpha value is -0.170. The highest BCUT2D eigenvalue weighted by molar-refractivity contribution is 7.88. The highest BCUT2D eigenvalue weighted by Crippen LogP contribution is 2.18. The van der Waals surface area contributed by atoms with Crippen LogP contribution in [0.5, 0.6) is 0 Å². The standard InChI is InChI=1S/C13H26N2O3S/c1-19(16,17)15-6-2-4-12(10-15)8-14-9-13-5-3-7-18-11-13/h12-14H,2-11H2,1H3. The SMILES string of the molecule is CS(=O)(=O)N1CCCC(CNCC2CCCOC2)C1. The maximum Gasteiger partial charge on any atom is 0.211 e. The third-order valence-corrected chi connectivity index (χ3v) is 5.34. The van der Waals surface area contributed by atoms with Crippen molar-refractivity contribution < 1.29 is 13.2 Å². The molecule has 2 unspecified atom stereocenters. The van der Waals surface area contributed by atoms with Crippen LogP contribution in [-0.4, -0.2) is 58.4 Å². The van der Waals surface area contributed by atoms with Gasteiger partial charge in [-0.1, -0.05) is 0 Å². The predicted molar refractivity (Wildman–Crippen MR) is 75.6 cm³/mol.